The third kappa shape index (κ3) is 1.54. The maximum Gasteiger partial charge on any atom is 0.151 e. The number of imidazole rings is 1. The van der Waals surface area contributed by atoms with Crippen molar-refractivity contribution in [1.82, 2.24) is 9.38 Å². The number of halogens is 1. The zero-order valence-electron chi connectivity index (χ0n) is 7.39. The molecule has 0 saturated heterocycles. The van der Waals surface area contributed by atoms with Crippen molar-refractivity contribution in [1.29, 1.82) is 0 Å². The van der Waals surface area contributed by atoms with Crippen molar-refractivity contribution in [2.75, 3.05) is 6.61 Å². The zero-order chi connectivity index (χ0) is 10.1. The third-order valence-corrected chi connectivity index (χ3v) is 2.65. The summed E-state index contributed by atoms with van der Waals surface area (Å²) in [4.78, 5) is 4.31. The molecule has 1 unspecified atom stereocenters. The van der Waals surface area contributed by atoms with Crippen LogP contribution in [-0.2, 0) is 0 Å². The lowest BCUT2D eigenvalue weighted by molar-refractivity contribution is 0.266. The number of nitrogens with two attached hydrogens (primary N) is 1. The Morgan fingerprint density at radius 2 is 2.43 bits per heavy atom. The van der Waals surface area contributed by atoms with Gasteiger partial charge in [-0.3, -0.25) is 0 Å². The van der Waals surface area contributed by atoms with Crippen molar-refractivity contribution in [3.05, 3.63) is 34.7 Å². The molecule has 0 spiro atoms. The van der Waals surface area contributed by atoms with E-state index in [1.807, 2.05) is 28.9 Å². The molecule has 5 heteroatoms. The van der Waals surface area contributed by atoms with Gasteiger partial charge >= 0.3 is 0 Å². The van der Waals surface area contributed by atoms with Gasteiger partial charge in [-0.15, -0.1) is 0 Å². The number of aliphatic hydroxyl groups excluding tert-OH is 1. The lowest BCUT2D eigenvalue weighted by Crippen LogP contribution is -2.14. The van der Waals surface area contributed by atoms with Crippen LogP contribution in [0.4, 0.5) is 0 Å². The van der Waals surface area contributed by atoms with Crippen LogP contribution < -0.4 is 5.73 Å². The van der Waals surface area contributed by atoms with Crippen LogP contribution >= 0.6 is 15.9 Å². The van der Waals surface area contributed by atoms with Gasteiger partial charge in [0, 0.05) is 12.4 Å². The molecule has 2 rings (SSSR count). The molecule has 0 radical (unpaired) electrons. The Kier molecular flexibility index (Phi) is 2.54. The first-order valence-corrected chi connectivity index (χ1v) is 5.01. The number of aliphatic hydroxyl groups is 1. The molecule has 74 valence electrons. The SMILES string of the molecule is NC(CO)c1cn2cccc(Br)c2n1. The number of aromatic nitrogens is 2. The normalized spacial score (nSPS) is 13.4. The molecular weight excluding hydrogens is 246 g/mol. The highest BCUT2D eigenvalue weighted by molar-refractivity contribution is 9.10. The second-order valence-electron chi connectivity index (χ2n) is 3.04. The minimum Gasteiger partial charge on any atom is -0.394 e. The first-order valence-electron chi connectivity index (χ1n) is 4.22. The van der Waals surface area contributed by atoms with Crippen molar-refractivity contribution in [2.45, 2.75) is 6.04 Å². The molecule has 2 aromatic heterocycles. The number of hydrogen-bond acceptors (Lipinski definition) is 3. The Bertz CT molecular complexity index is 454. The van der Waals surface area contributed by atoms with Crippen LogP contribution in [0, 0.1) is 0 Å². The molecule has 0 aromatic carbocycles. The van der Waals surface area contributed by atoms with E-state index in [4.69, 9.17) is 10.8 Å². The summed E-state index contributed by atoms with van der Waals surface area (Å²) in [6, 6.07) is 3.41. The summed E-state index contributed by atoms with van der Waals surface area (Å²) in [6.45, 7) is -0.0957. The predicted molar refractivity (Wildman–Crippen MR) is 56.9 cm³/mol. The van der Waals surface area contributed by atoms with E-state index in [1.54, 1.807) is 0 Å². The highest BCUT2D eigenvalue weighted by Crippen LogP contribution is 2.18. The molecule has 0 bridgehead atoms. The summed E-state index contributed by atoms with van der Waals surface area (Å²) in [7, 11) is 0. The number of pyridine rings is 1. The van der Waals surface area contributed by atoms with Gasteiger partial charge in [-0.2, -0.15) is 0 Å². The molecule has 4 nitrogen and oxygen atoms in total. The van der Waals surface area contributed by atoms with Crippen LogP contribution in [0.5, 0.6) is 0 Å². The molecule has 0 aliphatic heterocycles. The molecule has 0 amide bonds. The summed E-state index contributed by atoms with van der Waals surface area (Å²) in [6.07, 6.45) is 3.71. The van der Waals surface area contributed by atoms with Crippen LogP contribution in [0.2, 0.25) is 0 Å². The Balaban J connectivity index is 2.56. The zero-order valence-corrected chi connectivity index (χ0v) is 8.98. The Morgan fingerprint density at radius 3 is 3.07 bits per heavy atom. The Labute approximate surface area is 89.5 Å². The van der Waals surface area contributed by atoms with Gasteiger partial charge in [0.05, 0.1) is 22.8 Å². The topological polar surface area (TPSA) is 63.5 Å². The van der Waals surface area contributed by atoms with Gasteiger partial charge < -0.3 is 15.2 Å². The van der Waals surface area contributed by atoms with Crippen LogP contribution in [0.15, 0.2) is 29.0 Å². The van der Waals surface area contributed by atoms with Gasteiger partial charge in [-0.1, -0.05) is 0 Å². The van der Waals surface area contributed by atoms with E-state index >= 15 is 0 Å². The smallest absolute Gasteiger partial charge is 0.151 e. The summed E-state index contributed by atoms with van der Waals surface area (Å²) in [5, 5.41) is 8.90. The molecule has 2 heterocycles. The number of nitrogens with zero attached hydrogens (tertiary/aromatic N) is 2. The average Bonchev–Trinajstić information content (AvgIpc) is 2.62. The van der Waals surface area contributed by atoms with Crippen molar-refractivity contribution in [3.8, 4) is 0 Å². The lowest BCUT2D eigenvalue weighted by atomic mass is 10.2. The lowest BCUT2D eigenvalue weighted by Gasteiger charge is -2.01. The van der Waals surface area contributed by atoms with E-state index in [0.29, 0.717) is 5.69 Å². The van der Waals surface area contributed by atoms with Gasteiger partial charge in [0.2, 0.25) is 0 Å². The van der Waals surface area contributed by atoms with Gasteiger partial charge in [0.15, 0.2) is 5.65 Å². The van der Waals surface area contributed by atoms with Gasteiger partial charge in [-0.05, 0) is 28.1 Å². The van der Waals surface area contributed by atoms with Gasteiger partial charge in [0.25, 0.3) is 0 Å². The predicted octanol–water partition coefficient (Wildman–Crippen LogP) is 1.09. The van der Waals surface area contributed by atoms with Crippen LogP contribution in [0.3, 0.4) is 0 Å². The van der Waals surface area contributed by atoms with Crippen molar-refractivity contribution >= 4 is 21.6 Å². The van der Waals surface area contributed by atoms with E-state index in [0.717, 1.165) is 10.1 Å². The minimum atomic E-state index is -0.415. The monoisotopic (exact) mass is 255 g/mol. The Hall–Kier alpha value is -0.910. The molecule has 0 saturated carbocycles. The molecule has 0 fully saturated rings. The van der Waals surface area contributed by atoms with E-state index in [2.05, 4.69) is 20.9 Å². The molecule has 0 aliphatic rings. The maximum absolute atomic E-state index is 8.90. The fraction of sp³-hybridized carbons (Fsp3) is 0.222. The molecule has 2 aromatic rings. The van der Waals surface area contributed by atoms with Gasteiger partial charge in [0.1, 0.15) is 0 Å². The summed E-state index contributed by atoms with van der Waals surface area (Å²) in [5.41, 5.74) is 7.17. The fourth-order valence-corrected chi connectivity index (χ4v) is 1.72. The molecule has 14 heavy (non-hydrogen) atoms. The van der Waals surface area contributed by atoms with E-state index in [1.165, 1.54) is 0 Å². The van der Waals surface area contributed by atoms with E-state index < -0.39 is 6.04 Å². The third-order valence-electron chi connectivity index (χ3n) is 2.03. The summed E-state index contributed by atoms with van der Waals surface area (Å²) >= 11 is 3.39. The quantitative estimate of drug-likeness (QED) is 0.845. The molecular formula is C9H10BrN3O. The van der Waals surface area contributed by atoms with Gasteiger partial charge in [-0.25, -0.2) is 4.98 Å². The highest BCUT2D eigenvalue weighted by Gasteiger charge is 2.10. The number of hydrogen-bond donors (Lipinski definition) is 2. The second kappa shape index (κ2) is 3.68. The first-order chi connectivity index (χ1) is 6.72. The van der Waals surface area contributed by atoms with Crippen molar-refractivity contribution in [3.63, 3.8) is 0 Å². The van der Waals surface area contributed by atoms with E-state index in [9.17, 15) is 0 Å². The van der Waals surface area contributed by atoms with Crippen molar-refractivity contribution in [2.24, 2.45) is 5.73 Å². The van der Waals surface area contributed by atoms with Crippen LogP contribution in [-0.4, -0.2) is 21.1 Å². The summed E-state index contributed by atoms with van der Waals surface area (Å²) < 4.78 is 2.78. The maximum atomic E-state index is 8.90. The Morgan fingerprint density at radius 1 is 1.64 bits per heavy atom. The molecule has 3 N–H and O–H groups in total. The van der Waals surface area contributed by atoms with Crippen LogP contribution in [0.1, 0.15) is 11.7 Å². The highest BCUT2D eigenvalue weighted by atomic mass is 79.9. The number of fused-ring (bicyclic) bond motifs is 1. The number of rotatable bonds is 2. The first kappa shape index (κ1) is 9.64. The standard InChI is InChI=1S/C9H10BrN3O/c10-6-2-1-3-13-4-8(7(11)5-14)12-9(6)13/h1-4,7,14H,5,11H2. The van der Waals surface area contributed by atoms with Crippen molar-refractivity contribution < 1.29 is 5.11 Å². The van der Waals surface area contributed by atoms with E-state index in [-0.39, 0.29) is 6.61 Å². The molecule has 0 aliphatic carbocycles. The average molecular weight is 256 g/mol. The van der Waals surface area contributed by atoms with Crippen LogP contribution in [0.25, 0.3) is 5.65 Å². The molecule has 1 atom stereocenters. The minimum absolute atomic E-state index is 0.0957. The second-order valence-corrected chi connectivity index (χ2v) is 3.90. The summed E-state index contributed by atoms with van der Waals surface area (Å²) in [5.74, 6) is 0. The fourth-order valence-electron chi connectivity index (χ4n) is 1.27. The largest absolute Gasteiger partial charge is 0.394 e.